The Morgan fingerprint density at radius 1 is 1.12 bits per heavy atom. The highest BCUT2D eigenvalue weighted by Crippen LogP contribution is 2.27. The molecule has 4 nitrogen and oxygen atoms in total. The van der Waals surface area contributed by atoms with E-state index >= 15 is 0 Å². The van der Waals surface area contributed by atoms with Crippen LogP contribution in [-0.2, 0) is 19.4 Å². The van der Waals surface area contributed by atoms with Crippen molar-refractivity contribution in [2.45, 2.75) is 58.0 Å². The highest BCUT2D eigenvalue weighted by Gasteiger charge is 2.24. The van der Waals surface area contributed by atoms with Crippen molar-refractivity contribution in [2.75, 3.05) is 13.1 Å². The number of benzene rings is 1. The topological polar surface area (TPSA) is 38.1 Å². The number of hydrogen-bond donors (Lipinski definition) is 0. The molecule has 4 heteroatoms. The summed E-state index contributed by atoms with van der Waals surface area (Å²) >= 11 is 0. The van der Waals surface area contributed by atoms with E-state index in [9.17, 15) is 4.79 Å². The van der Waals surface area contributed by atoms with Crippen molar-refractivity contribution < 1.29 is 0 Å². The lowest BCUT2D eigenvalue weighted by Crippen LogP contribution is -2.38. The Kier molecular flexibility index (Phi) is 5.21. The van der Waals surface area contributed by atoms with Gasteiger partial charge in [-0.25, -0.2) is 4.68 Å². The fraction of sp³-hybridized carbons (Fsp3) is 0.545. The summed E-state index contributed by atoms with van der Waals surface area (Å²) in [6.07, 6.45) is 6.73. The monoisotopic (exact) mass is 351 g/mol. The van der Waals surface area contributed by atoms with Crippen molar-refractivity contribution in [3.05, 3.63) is 63.6 Å². The molecule has 1 fully saturated rings. The zero-order valence-corrected chi connectivity index (χ0v) is 15.7. The van der Waals surface area contributed by atoms with Crippen LogP contribution in [0.5, 0.6) is 0 Å². The fourth-order valence-electron chi connectivity index (χ4n) is 4.44. The molecule has 0 N–H and O–H groups in total. The standard InChI is InChI=1S/C22H29N3O/c1-17(19-7-3-2-4-8-19)24-13-11-18(12-14-24)16-25-22(26)15-20-9-5-6-10-21(20)23-25/h2-4,7-8,15,17-18H,5-6,9-14,16H2,1H3. The lowest BCUT2D eigenvalue weighted by molar-refractivity contribution is 0.131. The maximum Gasteiger partial charge on any atom is 0.267 e. The Morgan fingerprint density at radius 2 is 1.85 bits per heavy atom. The van der Waals surface area contributed by atoms with E-state index < -0.39 is 0 Å². The fourth-order valence-corrected chi connectivity index (χ4v) is 4.44. The molecule has 138 valence electrons. The maximum absolute atomic E-state index is 12.4. The lowest BCUT2D eigenvalue weighted by Gasteiger charge is -2.36. The Labute approximate surface area is 155 Å². The minimum absolute atomic E-state index is 0.0886. The number of nitrogens with zero attached hydrogens (tertiary/aromatic N) is 3. The first-order valence-corrected chi connectivity index (χ1v) is 10.1. The van der Waals surface area contributed by atoms with E-state index in [0.717, 1.165) is 51.0 Å². The van der Waals surface area contributed by atoms with Crippen LogP contribution in [0, 0.1) is 5.92 Å². The maximum atomic E-state index is 12.4. The molecular formula is C22H29N3O. The number of hydrogen-bond acceptors (Lipinski definition) is 3. The number of fused-ring (bicyclic) bond motifs is 1. The van der Waals surface area contributed by atoms with E-state index in [1.807, 2.05) is 6.07 Å². The molecule has 1 aliphatic heterocycles. The van der Waals surface area contributed by atoms with Crippen LogP contribution in [0.3, 0.4) is 0 Å². The first-order valence-electron chi connectivity index (χ1n) is 10.1. The van der Waals surface area contributed by atoms with E-state index in [1.165, 1.54) is 24.0 Å². The van der Waals surface area contributed by atoms with Gasteiger partial charge in [0.25, 0.3) is 5.56 Å². The molecule has 1 aliphatic carbocycles. The quantitative estimate of drug-likeness (QED) is 0.845. The number of aromatic nitrogens is 2. The first kappa shape index (κ1) is 17.5. The van der Waals surface area contributed by atoms with E-state index in [2.05, 4.69) is 42.2 Å². The van der Waals surface area contributed by atoms with Crippen LogP contribution in [0.15, 0.2) is 41.2 Å². The summed E-state index contributed by atoms with van der Waals surface area (Å²) in [4.78, 5) is 15.0. The molecule has 0 saturated carbocycles. The van der Waals surface area contributed by atoms with Gasteiger partial charge in [0.05, 0.1) is 5.69 Å². The predicted molar refractivity (Wildman–Crippen MR) is 104 cm³/mol. The second-order valence-electron chi connectivity index (χ2n) is 7.91. The summed E-state index contributed by atoms with van der Waals surface area (Å²) in [5.41, 5.74) is 3.82. The molecular weight excluding hydrogens is 322 g/mol. The lowest BCUT2D eigenvalue weighted by atomic mass is 9.94. The molecule has 26 heavy (non-hydrogen) atoms. The smallest absolute Gasteiger partial charge is 0.267 e. The molecule has 1 aromatic heterocycles. The van der Waals surface area contributed by atoms with Crippen molar-refractivity contribution in [3.63, 3.8) is 0 Å². The molecule has 0 radical (unpaired) electrons. The summed E-state index contributed by atoms with van der Waals surface area (Å²) in [6.45, 7) is 5.27. The third-order valence-corrected chi connectivity index (χ3v) is 6.18. The summed E-state index contributed by atoms with van der Waals surface area (Å²) in [7, 11) is 0. The van der Waals surface area contributed by atoms with Crippen molar-refractivity contribution in [3.8, 4) is 0 Å². The molecule has 1 unspecified atom stereocenters. The average molecular weight is 351 g/mol. The Balaban J connectivity index is 1.38. The average Bonchev–Trinajstić information content (AvgIpc) is 2.69. The van der Waals surface area contributed by atoms with Crippen molar-refractivity contribution in [1.82, 2.24) is 14.7 Å². The van der Waals surface area contributed by atoms with Gasteiger partial charge >= 0.3 is 0 Å². The van der Waals surface area contributed by atoms with Gasteiger partial charge in [-0.3, -0.25) is 9.69 Å². The Hall–Kier alpha value is -1.94. The van der Waals surface area contributed by atoms with E-state index in [4.69, 9.17) is 5.10 Å². The van der Waals surface area contributed by atoms with Crippen molar-refractivity contribution in [2.24, 2.45) is 5.92 Å². The second kappa shape index (κ2) is 7.75. The molecule has 2 aromatic rings. The van der Waals surface area contributed by atoms with Gasteiger partial charge in [0.2, 0.25) is 0 Å². The summed E-state index contributed by atoms with van der Waals surface area (Å²) in [5, 5.41) is 4.70. The van der Waals surface area contributed by atoms with Gasteiger partial charge < -0.3 is 0 Å². The molecule has 1 saturated heterocycles. The van der Waals surface area contributed by atoms with Gasteiger partial charge in [-0.05, 0) is 75.6 Å². The summed E-state index contributed by atoms with van der Waals surface area (Å²) in [6, 6.07) is 13.0. The van der Waals surface area contributed by atoms with E-state index in [0.29, 0.717) is 12.0 Å². The normalized spacial score (nSPS) is 19.9. The summed E-state index contributed by atoms with van der Waals surface area (Å²) in [5.74, 6) is 0.557. The molecule has 4 rings (SSSR count). The molecule has 2 heterocycles. The van der Waals surface area contributed by atoms with Crippen LogP contribution in [0.4, 0.5) is 0 Å². The Bertz CT molecular complexity index is 791. The minimum atomic E-state index is 0.0886. The minimum Gasteiger partial charge on any atom is -0.297 e. The molecule has 0 spiro atoms. The van der Waals surface area contributed by atoms with Crippen molar-refractivity contribution >= 4 is 0 Å². The van der Waals surface area contributed by atoms with E-state index in [-0.39, 0.29) is 5.56 Å². The Morgan fingerprint density at radius 3 is 2.62 bits per heavy atom. The highest BCUT2D eigenvalue weighted by atomic mass is 16.1. The zero-order chi connectivity index (χ0) is 17.9. The predicted octanol–water partition coefficient (Wildman–Crippen LogP) is 3.60. The van der Waals surface area contributed by atoms with Gasteiger partial charge in [-0.2, -0.15) is 5.10 Å². The first-order chi connectivity index (χ1) is 12.7. The van der Waals surface area contributed by atoms with Gasteiger partial charge in [-0.1, -0.05) is 30.3 Å². The summed E-state index contributed by atoms with van der Waals surface area (Å²) < 4.78 is 1.74. The largest absolute Gasteiger partial charge is 0.297 e. The SMILES string of the molecule is CC(c1ccccc1)N1CCC(Cn2nc3c(cc2=O)CCCC3)CC1. The number of aryl methyl sites for hydroxylation is 2. The number of likely N-dealkylation sites (tertiary alicyclic amines) is 1. The van der Waals surface area contributed by atoms with Crippen molar-refractivity contribution in [1.29, 1.82) is 0 Å². The van der Waals surface area contributed by atoms with Crippen LogP contribution >= 0.6 is 0 Å². The third kappa shape index (κ3) is 3.75. The molecule has 0 bridgehead atoms. The van der Waals surface area contributed by atoms with Gasteiger partial charge in [0.15, 0.2) is 0 Å². The van der Waals surface area contributed by atoms with Crippen LogP contribution in [0.1, 0.15) is 55.5 Å². The molecule has 0 amide bonds. The van der Waals surface area contributed by atoms with E-state index in [1.54, 1.807) is 4.68 Å². The van der Waals surface area contributed by atoms with Crippen LogP contribution in [-0.4, -0.2) is 27.8 Å². The van der Waals surface area contributed by atoms with Gasteiger partial charge in [0, 0.05) is 18.7 Å². The number of rotatable bonds is 4. The van der Waals surface area contributed by atoms with Crippen LogP contribution in [0.2, 0.25) is 0 Å². The van der Waals surface area contributed by atoms with Crippen LogP contribution in [0.25, 0.3) is 0 Å². The second-order valence-corrected chi connectivity index (χ2v) is 7.91. The highest BCUT2D eigenvalue weighted by molar-refractivity contribution is 5.20. The van der Waals surface area contributed by atoms with Crippen LogP contribution < -0.4 is 5.56 Å². The zero-order valence-electron chi connectivity index (χ0n) is 15.7. The molecule has 1 aromatic carbocycles. The number of piperidine rings is 1. The molecule has 2 aliphatic rings. The molecule has 1 atom stereocenters. The van der Waals surface area contributed by atoms with Gasteiger partial charge in [0.1, 0.15) is 0 Å². The van der Waals surface area contributed by atoms with Gasteiger partial charge in [-0.15, -0.1) is 0 Å². The third-order valence-electron chi connectivity index (χ3n) is 6.18.